The molecule has 0 N–H and O–H groups in total. The van der Waals surface area contributed by atoms with Gasteiger partial charge in [0.25, 0.3) is 0 Å². The molecule has 3 heteroatoms. The second-order valence-electron chi connectivity index (χ2n) is 0.569. The molecule has 0 unspecified atom stereocenters. The molecule has 5 heavy (non-hydrogen) atoms. The summed E-state index contributed by atoms with van der Waals surface area (Å²) in [6.07, 6.45) is 0. The number of hydrogen-bond acceptors (Lipinski definition) is 2. The van der Waals surface area contributed by atoms with Crippen molar-refractivity contribution in [3.8, 4) is 0 Å². The van der Waals surface area contributed by atoms with Gasteiger partial charge < -0.3 is 0 Å². The van der Waals surface area contributed by atoms with Crippen molar-refractivity contribution in [1.29, 1.82) is 0 Å². The molecule has 0 aromatic heterocycles. The molecular weight excluding hydrogens is 215 g/mol. The van der Waals surface area contributed by atoms with Crippen LogP contribution in [0.3, 0.4) is 0 Å². The smallest absolute Gasteiger partial charge is 0.0552 e. The first kappa shape index (κ1) is 6.17. The lowest BCUT2D eigenvalue weighted by Crippen LogP contribution is -1.61. The van der Waals surface area contributed by atoms with Gasteiger partial charge >= 0.3 is 0 Å². The van der Waals surface area contributed by atoms with Crippen molar-refractivity contribution in [3.05, 3.63) is 0 Å². The molecule has 0 aromatic rings. The van der Waals surface area contributed by atoms with Gasteiger partial charge in [0.15, 0.2) is 0 Å². The Morgan fingerprint density at radius 1 is 2.00 bits per heavy atom. The molecule has 0 aliphatic rings. The van der Waals surface area contributed by atoms with Crippen molar-refractivity contribution in [2.45, 2.75) is 6.92 Å². The first-order valence-electron chi connectivity index (χ1n) is 1.06. The first-order chi connectivity index (χ1) is 2.27. The maximum Gasteiger partial charge on any atom is 0.0552 e. The molecule has 0 rings (SSSR count). The zero-order chi connectivity index (χ0) is 4.28. The fraction of sp³-hybridized carbons (Fsp3) is 0.500. The second kappa shape index (κ2) is 3.36. The maximum absolute atomic E-state index is 4.65. The van der Waals surface area contributed by atoms with Crippen LogP contribution in [0.5, 0.6) is 0 Å². The molecule has 0 bridgehead atoms. The Kier molecular flexibility index (Phi) is 4.15. The molecule has 0 aromatic carbocycles. The monoisotopic (exact) mass is 218 g/mol. The third-order valence-electron chi connectivity index (χ3n) is 0.109. The van der Waals surface area contributed by atoms with Gasteiger partial charge in [-0.15, -0.1) is 0 Å². The second-order valence-corrected chi connectivity index (χ2v) is 3.53. The summed E-state index contributed by atoms with van der Waals surface area (Å²) in [4.78, 5) is 0. The minimum absolute atomic E-state index is 0.991. The zero-order valence-corrected chi connectivity index (χ0v) is 6.48. The summed E-state index contributed by atoms with van der Waals surface area (Å²) in [7, 11) is 1.58. The van der Waals surface area contributed by atoms with Crippen LogP contribution in [0.2, 0.25) is 0 Å². The quantitative estimate of drug-likeness (QED) is 0.452. The van der Waals surface area contributed by atoms with Crippen LogP contribution in [0, 0.1) is 0 Å². The highest BCUT2D eigenvalue weighted by atomic mass is 127. The fourth-order valence-corrected chi connectivity index (χ4v) is 0. The molecule has 0 radical (unpaired) electrons. The largest absolute Gasteiger partial charge is 0.0769 e. The summed E-state index contributed by atoms with van der Waals surface area (Å²) < 4.78 is 0.991. The Labute approximate surface area is 53.3 Å². The van der Waals surface area contributed by atoms with Crippen LogP contribution in [-0.4, -0.2) is 4.20 Å². The molecule has 0 aliphatic carbocycles. The lowest BCUT2D eigenvalue weighted by molar-refractivity contribution is 2.12. The molecule has 0 heterocycles. The lowest BCUT2D eigenvalue weighted by Gasteiger charge is -1.73. The number of thiocarbonyl (C=S) groups is 1. The molecule has 0 saturated carbocycles. The molecule has 0 aliphatic heterocycles. The molecule has 0 spiro atoms. The molecule has 30 valence electrons. The Bertz CT molecular complexity index is 42.9. The van der Waals surface area contributed by atoms with E-state index in [0.29, 0.717) is 0 Å². The van der Waals surface area contributed by atoms with E-state index in [-0.39, 0.29) is 0 Å². The van der Waals surface area contributed by atoms with Gasteiger partial charge in [0.1, 0.15) is 0 Å². The molecular formula is C2H3IS2. The van der Waals surface area contributed by atoms with Crippen molar-refractivity contribution in [1.82, 2.24) is 0 Å². The average molecular weight is 218 g/mol. The van der Waals surface area contributed by atoms with E-state index < -0.39 is 0 Å². The van der Waals surface area contributed by atoms with Crippen LogP contribution >= 0.6 is 42.4 Å². The third-order valence-corrected chi connectivity index (χ3v) is 3.45. The molecule has 0 atom stereocenters. The van der Waals surface area contributed by atoms with E-state index in [1.165, 1.54) is 0 Å². The highest BCUT2D eigenvalue weighted by Gasteiger charge is 1.73. The topological polar surface area (TPSA) is 0 Å². The van der Waals surface area contributed by atoms with Gasteiger partial charge in [0, 0.05) is 21.2 Å². The van der Waals surface area contributed by atoms with Crippen LogP contribution in [-0.2, 0) is 0 Å². The van der Waals surface area contributed by atoms with E-state index in [9.17, 15) is 0 Å². The van der Waals surface area contributed by atoms with E-state index in [0.717, 1.165) is 4.20 Å². The normalized spacial score (nSPS) is 7.60. The van der Waals surface area contributed by atoms with E-state index in [1.807, 2.05) is 6.92 Å². The predicted molar refractivity (Wildman–Crippen MR) is 39.9 cm³/mol. The highest BCUT2D eigenvalue weighted by molar-refractivity contribution is 14.2. The summed E-state index contributed by atoms with van der Waals surface area (Å²) in [5.41, 5.74) is 0. The van der Waals surface area contributed by atoms with E-state index in [4.69, 9.17) is 0 Å². The van der Waals surface area contributed by atoms with Crippen molar-refractivity contribution in [3.63, 3.8) is 0 Å². The Morgan fingerprint density at radius 2 is 2.20 bits per heavy atom. The molecule has 0 amide bonds. The summed E-state index contributed by atoms with van der Waals surface area (Å²) >= 11 is 6.81. The first-order valence-corrected chi connectivity index (χ1v) is 4.83. The Morgan fingerprint density at radius 3 is 2.20 bits per heavy atom. The molecule has 0 saturated heterocycles. The summed E-state index contributed by atoms with van der Waals surface area (Å²) in [5, 5.41) is 0. The average Bonchev–Trinajstić information content (AvgIpc) is 1.38. The van der Waals surface area contributed by atoms with E-state index in [1.54, 1.807) is 8.93 Å². The molecule has 0 fully saturated rings. The van der Waals surface area contributed by atoms with Crippen molar-refractivity contribution in [2.24, 2.45) is 0 Å². The third kappa shape index (κ3) is 5.17. The highest BCUT2D eigenvalue weighted by Crippen LogP contribution is 2.11. The standard InChI is InChI=1S/C2H3IS2/c1-2(4)5-3/h1H3. The number of halogens is 1. The van der Waals surface area contributed by atoms with Crippen molar-refractivity contribution >= 4 is 46.6 Å². The summed E-state index contributed by atoms with van der Waals surface area (Å²) in [5.74, 6) is 0. The van der Waals surface area contributed by atoms with Crippen molar-refractivity contribution < 1.29 is 0 Å². The lowest BCUT2D eigenvalue weighted by atomic mass is 11.0. The van der Waals surface area contributed by atoms with E-state index >= 15 is 0 Å². The van der Waals surface area contributed by atoms with Gasteiger partial charge in [-0.1, -0.05) is 12.2 Å². The van der Waals surface area contributed by atoms with Crippen LogP contribution in [0.15, 0.2) is 0 Å². The van der Waals surface area contributed by atoms with Crippen LogP contribution in [0.1, 0.15) is 6.92 Å². The minimum atomic E-state index is 0.991. The molecule has 0 nitrogen and oxygen atoms in total. The summed E-state index contributed by atoms with van der Waals surface area (Å²) in [6.45, 7) is 1.91. The van der Waals surface area contributed by atoms with Gasteiger partial charge in [0.05, 0.1) is 4.20 Å². The summed E-state index contributed by atoms with van der Waals surface area (Å²) in [6, 6.07) is 0. The van der Waals surface area contributed by atoms with Gasteiger partial charge in [-0.3, -0.25) is 0 Å². The fourth-order valence-electron chi connectivity index (χ4n) is 0. The van der Waals surface area contributed by atoms with Gasteiger partial charge in [-0.05, 0) is 15.9 Å². The van der Waals surface area contributed by atoms with Gasteiger partial charge in [-0.2, -0.15) is 0 Å². The predicted octanol–water partition coefficient (Wildman–Crippen LogP) is 2.42. The van der Waals surface area contributed by atoms with Gasteiger partial charge in [0.2, 0.25) is 0 Å². The van der Waals surface area contributed by atoms with Crippen molar-refractivity contribution in [2.75, 3.05) is 0 Å². The number of hydrogen-bond donors (Lipinski definition) is 0. The van der Waals surface area contributed by atoms with Crippen LogP contribution in [0.25, 0.3) is 0 Å². The Hall–Kier alpha value is 1.17. The van der Waals surface area contributed by atoms with Crippen LogP contribution in [0.4, 0.5) is 0 Å². The minimum Gasteiger partial charge on any atom is -0.0769 e. The van der Waals surface area contributed by atoms with E-state index in [2.05, 4.69) is 33.4 Å². The number of rotatable bonds is 0. The maximum atomic E-state index is 4.65. The van der Waals surface area contributed by atoms with Gasteiger partial charge in [-0.25, -0.2) is 0 Å². The zero-order valence-electron chi connectivity index (χ0n) is 2.69. The van der Waals surface area contributed by atoms with Crippen LogP contribution < -0.4 is 0 Å². The SMILES string of the molecule is CC(=S)SI. The Balaban J connectivity index is 2.85.